The molecule has 0 radical (unpaired) electrons. The van der Waals surface area contributed by atoms with Crippen molar-refractivity contribution < 1.29 is 0 Å². The standard InChI is InChI=1S/C12H9BrS/c13-12-9-8-11(14-12)7-6-10-4-2-1-3-5-10/h1-9H/b7-6+. The van der Waals surface area contributed by atoms with Crippen LogP contribution in [-0.4, -0.2) is 0 Å². The molecule has 0 aliphatic carbocycles. The molecule has 1 aromatic heterocycles. The zero-order valence-corrected chi connectivity index (χ0v) is 9.88. The lowest BCUT2D eigenvalue weighted by Gasteiger charge is -1.89. The number of benzene rings is 1. The molecular weight excluding hydrogens is 256 g/mol. The maximum Gasteiger partial charge on any atom is 0.0704 e. The summed E-state index contributed by atoms with van der Waals surface area (Å²) >= 11 is 5.18. The highest BCUT2D eigenvalue weighted by atomic mass is 79.9. The van der Waals surface area contributed by atoms with Crippen LogP contribution in [0.2, 0.25) is 0 Å². The summed E-state index contributed by atoms with van der Waals surface area (Å²) in [5.41, 5.74) is 1.23. The van der Waals surface area contributed by atoms with Gasteiger partial charge in [0.2, 0.25) is 0 Å². The largest absolute Gasteiger partial charge is 0.129 e. The number of thiophene rings is 1. The zero-order valence-electron chi connectivity index (χ0n) is 7.48. The minimum atomic E-state index is 1.17. The van der Waals surface area contributed by atoms with E-state index in [1.54, 1.807) is 11.3 Å². The van der Waals surface area contributed by atoms with Gasteiger partial charge in [0, 0.05) is 4.88 Å². The lowest BCUT2D eigenvalue weighted by molar-refractivity contribution is 1.67. The fraction of sp³-hybridized carbons (Fsp3) is 0. The summed E-state index contributed by atoms with van der Waals surface area (Å²) < 4.78 is 1.17. The van der Waals surface area contributed by atoms with E-state index in [2.05, 4.69) is 52.3 Å². The molecule has 14 heavy (non-hydrogen) atoms. The molecule has 0 saturated carbocycles. The molecule has 0 bridgehead atoms. The lowest BCUT2D eigenvalue weighted by Crippen LogP contribution is -1.67. The van der Waals surface area contributed by atoms with Crippen LogP contribution in [-0.2, 0) is 0 Å². The van der Waals surface area contributed by atoms with Gasteiger partial charge in [0.1, 0.15) is 0 Å². The van der Waals surface area contributed by atoms with Gasteiger partial charge in [0.25, 0.3) is 0 Å². The highest BCUT2D eigenvalue weighted by Gasteiger charge is 1.91. The van der Waals surface area contributed by atoms with Gasteiger partial charge in [-0.1, -0.05) is 36.4 Å². The summed E-state index contributed by atoms with van der Waals surface area (Å²) in [6, 6.07) is 14.5. The van der Waals surface area contributed by atoms with E-state index in [1.807, 2.05) is 18.2 Å². The summed E-state index contributed by atoms with van der Waals surface area (Å²) in [7, 11) is 0. The Labute approximate surface area is 96.0 Å². The number of halogens is 1. The van der Waals surface area contributed by atoms with Crippen molar-refractivity contribution >= 4 is 39.4 Å². The number of rotatable bonds is 2. The molecule has 2 aromatic rings. The van der Waals surface area contributed by atoms with E-state index >= 15 is 0 Å². The van der Waals surface area contributed by atoms with Gasteiger partial charge in [-0.3, -0.25) is 0 Å². The van der Waals surface area contributed by atoms with Crippen LogP contribution < -0.4 is 0 Å². The summed E-state index contributed by atoms with van der Waals surface area (Å²) in [6.45, 7) is 0. The van der Waals surface area contributed by atoms with E-state index in [-0.39, 0.29) is 0 Å². The van der Waals surface area contributed by atoms with Crippen molar-refractivity contribution in [1.29, 1.82) is 0 Å². The van der Waals surface area contributed by atoms with E-state index in [4.69, 9.17) is 0 Å². The maximum absolute atomic E-state index is 3.44. The van der Waals surface area contributed by atoms with Gasteiger partial charge in [-0.25, -0.2) is 0 Å². The maximum atomic E-state index is 3.44. The first kappa shape index (κ1) is 9.69. The predicted octanol–water partition coefficient (Wildman–Crippen LogP) is 4.68. The Bertz CT molecular complexity index is 429. The fourth-order valence-corrected chi connectivity index (χ4v) is 2.49. The molecule has 0 fully saturated rings. The molecule has 0 amide bonds. The van der Waals surface area contributed by atoms with Gasteiger partial charge < -0.3 is 0 Å². The third-order valence-corrected chi connectivity index (χ3v) is 3.42. The van der Waals surface area contributed by atoms with Crippen LogP contribution in [0.1, 0.15) is 10.4 Å². The monoisotopic (exact) mass is 264 g/mol. The van der Waals surface area contributed by atoms with Crippen LogP contribution in [0, 0.1) is 0 Å². The van der Waals surface area contributed by atoms with Gasteiger partial charge in [0.15, 0.2) is 0 Å². The minimum absolute atomic E-state index is 1.17. The zero-order chi connectivity index (χ0) is 9.80. The molecule has 0 N–H and O–H groups in total. The molecule has 0 aliphatic rings. The second-order valence-electron chi connectivity index (χ2n) is 2.89. The molecule has 1 aromatic carbocycles. The Hall–Kier alpha value is -0.860. The van der Waals surface area contributed by atoms with Crippen LogP contribution in [0.5, 0.6) is 0 Å². The van der Waals surface area contributed by atoms with Gasteiger partial charge in [-0.15, -0.1) is 11.3 Å². The van der Waals surface area contributed by atoms with Crippen molar-refractivity contribution in [3.05, 3.63) is 56.7 Å². The molecule has 0 spiro atoms. The third-order valence-electron chi connectivity index (χ3n) is 1.83. The molecule has 0 saturated heterocycles. The summed E-state index contributed by atoms with van der Waals surface area (Å²) in [5.74, 6) is 0. The normalized spacial score (nSPS) is 10.9. The first-order chi connectivity index (χ1) is 6.84. The average Bonchev–Trinajstić information content (AvgIpc) is 2.63. The van der Waals surface area contributed by atoms with E-state index in [9.17, 15) is 0 Å². The molecule has 0 aliphatic heterocycles. The van der Waals surface area contributed by atoms with Crippen molar-refractivity contribution in [3.63, 3.8) is 0 Å². The Morgan fingerprint density at radius 3 is 2.36 bits per heavy atom. The smallest absolute Gasteiger partial charge is 0.0704 e. The number of hydrogen-bond acceptors (Lipinski definition) is 1. The molecule has 70 valence electrons. The Morgan fingerprint density at radius 1 is 0.929 bits per heavy atom. The van der Waals surface area contributed by atoms with Crippen LogP contribution in [0.4, 0.5) is 0 Å². The van der Waals surface area contributed by atoms with Crippen molar-refractivity contribution in [1.82, 2.24) is 0 Å². The van der Waals surface area contributed by atoms with Gasteiger partial charge in [0.05, 0.1) is 3.79 Å². The molecule has 2 rings (SSSR count). The highest BCUT2D eigenvalue weighted by molar-refractivity contribution is 9.11. The first-order valence-corrected chi connectivity index (χ1v) is 5.94. The molecular formula is C12H9BrS. The summed E-state index contributed by atoms with van der Waals surface area (Å²) in [5, 5.41) is 0. The van der Waals surface area contributed by atoms with E-state index in [0.29, 0.717) is 0 Å². The van der Waals surface area contributed by atoms with E-state index < -0.39 is 0 Å². The quantitative estimate of drug-likeness (QED) is 0.739. The third kappa shape index (κ3) is 2.56. The van der Waals surface area contributed by atoms with E-state index in [0.717, 1.165) is 0 Å². The minimum Gasteiger partial charge on any atom is -0.129 e. The van der Waals surface area contributed by atoms with Crippen molar-refractivity contribution in [2.75, 3.05) is 0 Å². The molecule has 0 atom stereocenters. The second-order valence-corrected chi connectivity index (χ2v) is 5.38. The number of hydrogen-bond donors (Lipinski definition) is 0. The Morgan fingerprint density at radius 2 is 1.71 bits per heavy atom. The van der Waals surface area contributed by atoms with Crippen LogP contribution in [0.25, 0.3) is 12.2 Å². The van der Waals surface area contributed by atoms with Crippen LogP contribution >= 0.6 is 27.3 Å². The Balaban J connectivity index is 2.15. The van der Waals surface area contributed by atoms with Crippen LogP contribution in [0.3, 0.4) is 0 Å². The summed E-state index contributed by atoms with van der Waals surface area (Å²) in [4.78, 5) is 1.26. The van der Waals surface area contributed by atoms with Gasteiger partial charge >= 0.3 is 0 Å². The van der Waals surface area contributed by atoms with Crippen molar-refractivity contribution in [3.8, 4) is 0 Å². The lowest BCUT2D eigenvalue weighted by atomic mass is 10.2. The van der Waals surface area contributed by atoms with Crippen LogP contribution in [0.15, 0.2) is 46.3 Å². The Kier molecular flexibility index (Phi) is 3.17. The molecule has 1 heterocycles. The average molecular weight is 265 g/mol. The topological polar surface area (TPSA) is 0 Å². The van der Waals surface area contributed by atoms with Crippen molar-refractivity contribution in [2.45, 2.75) is 0 Å². The van der Waals surface area contributed by atoms with Crippen molar-refractivity contribution in [2.24, 2.45) is 0 Å². The molecule has 0 unspecified atom stereocenters. The van der Waals surface area contributed by atoms with Gasteiger partial charge in [-0.05, 0) is 39.7 Å². The SMILES string of the molecule is Brc1ccc(/C=C/c2ccccc2)s1. The molecule has 2 heteroatoms. The fourth-order valence-electron chi connectivity index (χ4n) is 1.16. The first-order valence-electron chi connectivity index (χ1n) is 4.33. The second kappa shape index (κ2) is 4.58. The van der Waals surface area contributed by atoms with E-state index in [1.165, 1.54) is 14.2 Å². The highest BCUT2D eigenvalue weighted by Crippen LogP contribution is 2.23. The predicted molar refractivity (Wildman–Crippen MR) is 67.4 cm³/mol. The molecule has 0 nitrogen and oxygen atoms in total. The summed E-state index contributed by atoms with van der Waals surface area (Å²) in [6.07, 6.45) is 4.25. The van der Waals surface area contributed by atoms with Gasteiger partial charge in [-0.2, -0.15) is 0 Å².